The Labute approximate surface area is 175 Å². The van der Waals surface area contributed by atoms with Crippen molar-refractivity contribution in [3.05, 3.63) is 77.8 Å². The molecule has 1 amide bonds. The predicted molar refractivity (Wildman–Crippen MR) is 115 cm³/mol. The number of hydrogen-bond acceptors (Lipinski definition) is 4. The monoisotopic (exact) mass is 403 g/mol. The molecular weight excluding hydrogens is 378 g/mol. The summed E-state index contributed by atoms with van der Waals surface area (Å²) in [6, 6.07) is 13.7. The molecule has 0 aliphatic carbocycles. The molecule has 3 heterocycles. The number of carbonyl (C=O) groups excluding carboxylic acids is 2. The Hall–Kier alpha value is -3.41. The van der Waals surface area contributed by atoms with Crippen LogP contribution in [0.3, 0.4) is 0 Å². The molecule has 6 nitrogen and oxygen atoms in total. The zero-order valence-electron chi connectivity index (χ0n) is 17.0. The van der Waals surface area contributed by atoms with E-state index in [1.807, 2.05) is 72.3 Å². The van der Waals surface area contributed by atoms with Gasteiger partial charge in [-0.25, -0.2) is 4.98 Å². The largest absolute Gasteiger partial charge is 0.459 e. The predicted octanol–water partition coefficient (Wildman–Crippen LogP) is 3.64. The number of aryl methyl sites for hydroxylation is 1. The van der Waals surface area contributed by atoms with E-state index in [2.05, 4.69) is 4.98 Å². The number of carbonyl (C=O) groups is 2. The van der Waals surface area contributed by atoms with Crippen LogP contribution in [0, 0.1) is 12.8 Å². The normalized spacial score (nSPS) is 15.0. The Bertz CT molecular complexity index is 1060. The number of aromatic nitrogens is 2. The Kier molecular flexibility index (Phi) is 5.93. The summed E-state index contributed by atoms with van der Waals surface area (Å²) in [5.41, 5.74) is 3.68. The fourth-order valence-corrected chi connectivity index (χ4v) is 3.71. The van der Waals surface area contributed by atoms with E-state index < -0.39 is 0 Å². The first kappa shape index (κ1) is 19.9. The first-order valence-electron chi connectivity index (χ1n) is 10.2. The SMILES string of the molecule is Cc1cccn2cc(COC(=O)C3CCN(C(=O)/C=C/c4ccccc4)CC3)nc12. The number of fused-ring (bicyclic) bond motifs is 1. The number of nitrogens with zero attached hydrogens (tertiary/aromatic N) is 3. The van der Waals surface area contributed by atoms with Crippen LogP contribution in [0.15, 0.2) is 60.9 Å². The van der Waals surface area contributed by atoms with E-state index in [1.165, 1.54) is 0 Å². The molecule has 0 unspecified atom stereocenters. The molecule has 1 saturated heterocycles. The second kappa shape index (κ2) is 8.95. The van der Waals surface area contributed by atoms with Crippen molar-refractivity contribution in [3.8, 4) is 0 Å². The maximum absolute atomic E-state index is 12.5. The van der Waals surface area contributed by atoms with Crippen LogP contribution >= 0.6 is 0 Å². The van der Waals surface area contributed by atoms with Crippen molar-refractivity contribution in [2.75, 3.05) is 13.1 Å². The highest BCUT2D eigenvalue weighted by Crippen LogP contribution is 2.20. The van der Waals surface area contributed by atoms with E-state index in [4.69, 9.17) is 4.74 Å². The van der Waals surface area contributed by atoms with E-state index >= 15 is 0 Å². The minimum atomic E-state index is -0.212. The maximum atomic E-state index is 12.5. The zero-order chi connectivity index (χ0) is 20.9. The maximum Gasteiger partial charge on any atom is 0.309 e. The Morgan fingerprint density at radius 3 is 2.63 bits per heavy atom. The molecular formula is C24H25N3O3. The zero-order valence-corrected chi connectivity index (χ0v) is 17.0. The third-order valence-electron chi connectivity index (χ3n) is 5.45. The van der Waals surface area contributed by atoms with Crippen LogP contribution in [0.2, 0.25) is 0 Å². The summed E-state index contributed by atoms with van der Waals surface area (Å²) in [6.07, 6.45) is 8.47. The van der Waals surface area contributed by atoms with E-state index in [0.29, 0.717) is 25.9 Å². The van der Waals surface area contributed by atoms with Gasteiger partial charge in [0.05, 0.1) is 11.6 Å². The number of rotatable bonds is 5. The first-order chi connectivity index (χ1) is 14.6. The van der Waals surface area contributed by atoms with Crippen LogP contribution in [-0.2, 0) is 20.9 Å². The number of hydrogen-bond donors (Lipinski definition) is 0. The van der Waals surface area contributed by atoms with Crippen LogP contribution in [0.1, 0.15) is 29.7 Å². The van der Waals surface area contributed by atoms with Crippen LogP contribution < -0.4 is 0 Å². The Morgan fingerprint density at radius 1 is 1.13 bits per heavy atom. The summed E-state index contributed by atoms with van der Waals surface area (Å²) in [5, 5.41) is 0. The molecule has 0 bridgehead atoms. The molecule has 6 heteroatoms. The summed E-state index contributed by atoms with van der Waals surface area (Å²) in [6.45, 7) is 3.29. The lowest BCUT2D eigenvalue weighted by molar-refractivity contribution is -0.152. The fraction of sp³-hybridized carbons (Fsp3) is 0.292. The van der Waals surface area contributed by atoms with Gasteiger partial charge in [-0.3, -0.25) is 9.59 Å². The number of likely N-dealkylation sites (tertiary alicyclic amines) is 1. The summed E-state index contributed by atoms with van der Waals surface area (Å²) in [7, 11) is 0. The molecule has 2 aromatic heterocycles. The molecule has 1 aliphatic rings. The van der Waals surface area contributed by atoms with Crippen LogP contribution in [0.5, 0.6) is 0 Å². The van der Waals surface area contributed by atoms with E-state index in [0.717, 1.165) is 22.5 Å². The lowest BCUT2D eigenvalue weighted by Crippen LogP contribution is -2.39. The number of imidazole rings is 1. The van der Waals surface area contributed by atoms with Gasteiger partial charge in [-0.2, -0.15) is 0 Å². The lowest BCUT2D eigenvalue weighted by Gasteiger charge is -2.30. The van der Waals surface area contributed by atoms with Crippen LogP contribution in [0.4, 0.5) is 0 Å². The van der Waals surface area contributed by atoms with E-state index in [1.54, 1.807) is 11.0 Å². The first-order valence-corrected chi connectivity index (χ1v) is 10.2. The van der Waals surface area contributed by atoms with Gasteiger partial charge in [-0.1, -0.05) is 36.4 Å². The van der Waals surface area contributed by atoms with Crippen molar-refractivity contribution in [2.45, 2.75) is 26.4 Å². The number of piperidine rings is 1. The van der Waals surface area contributed by atoms with Gasteiger partial charge < -0.3 is 14.0 Å². The van der Waals surface area contributed by atoms with Crippen molar-refractivity contribution >= 4 is 23.6 Å². The summed E-state index contributed by atoms with van der Waals surface area (Å²) < 4.78 is 7.44. The fourth-order valence-electron chi connectivity index (χ4n) is 3.71. The summed E-state index contributed by atoms with van der Waals surface area (Å²) >= 11 is 0. The molecule has 0 N–H and O–H groups in total. The number of esters is 1. The molecule has 0 saturated carbocycles. The molecule has 3 aromatic rings. The Morgan fingerprint density at radius 2 is 1.90 bits per heavy atom. The van der Waals surface area contributed by atoms with Gasteiger partial charge >= 0.3 is 5.97 Å². The lowest BCUT2D eigenvalue weighted by atomic mass is 9.97. The van der Waals surface area contributed by atoms with Gasteiger partial charge in [-0.05, 0) is 43.0 Å². The molecule has 154 valence electrons. The molecule has 0 radical (unpaired) electrons. The number of pyridine rings is 1. The highest BCUT2D eigenvalue weighted by molar-refractivity contribution is 5.92. The second-order valence-corrected chi connectivity index (χ2v) is 7.61. The minimum Gasteiger partial charge on any atom is -0.459 e. The number of amides is 1. The molecule has 1 aromatic carbocycles. The van der Waals surface area contributed by atoms with Gasteiger partial charge in [0.2, 0.25) is 5.91 Å². The van der Waals surface area contributed by atoms with Crippen molar-refractivity contribution in [3.63, 3.8) is 0 Å². The standard InChI is InChI=1S/C24H25N3O3/c1-18-6-5-13-27-16-21(25-23(18)27)17-30-24(29)20-11-14-26(15-12-20)22(28)10-9-19-7-3-2-4-8-19/h2-10,13,16,20H,11-12,14-15,17H2,1H3/b10-9+. The second-order valence-electron chi connectivity index (χ2n) is 7.61. The molecule has 1 fully saturated rings. The summed E-state index contributed by atoms with van der Waals surface area (Å²) in [4.78, 5) is 31.2. The van der Waals surface area contributed by atoms with Crippen molar-refractivity contribution < 1.29 is 14.3 Å². The highest BCUT2D eigenvalue weighted by Gasteiger charge is 2.27. The molecule has 30 heavy (non-hydrogen) atoms. The van der Waals surface area contributed by atoms with Crippen LogP contribution in [-0.4, -0.2) is 39.3 Å². The molecule has 0 spiro atoms. The van der Waals surface area contributed by atoms with Gasteiger partial charge in [0, 0.05) is 31.6 Å². The molecule has 4 rings (SSSR count). The van der Waals surface area contributed by atoms with Crippen LogP contribution in [0.25, 0.3) is 11.7 Å². The van der Waals surface area contributed by atoms with Crippen molar-refractivity contribution in [1.82, 2.24) is 14.3 Å². The Balaban J connectivity index is 1.26. The molecule has 1 aliphatic heterocycles. The van der Waals surface area contributed by atoms with Crippen molar-refractivity contribution in [2.24, 2.45) is 5.92 Å². The highest BCUT2D eigenvalue weighted by atomic mass is 16.5. The smallest absolute Gasteiger partial charge is 0.309 e. The van der Waals surface area contributed by atoms with Gasteiger partial charge in [-0.15, -0.1) is 0 Å². The topological polar surface area (TPSA) is 63.9 Å². The van der Waals surface area contributed by atoms with Crippen molar-refractivity contribution in [1.29, 1.82) is 0 Å². The third kappa shape index (κ3) is 4.59. The van der Waals surface area contributed by atoms with E-state index in [9.17, 15) is 9.59 Å². The number of benzene rings is 1. The molecule has 0 atom stereocenters. The minimum absolute atomic E-state index is 0.0225. The average Bonchev–Trinajstić information content (AvgIpc) is 3.21. The van der Waals surface area contributed by atoms with Gasteiger partial charge in [0.1, 0.15) is 12.3 Å². The summed E-state index contributed by atoms with van der Waals surface area (Å²) in [5.74, 6) is -0.410. The quantitative estimate of drug-likeness (QED) is 0.482. The third-order valence-corrected chi connectivity index (χ3v) is 5.45. The van der Waals surface area contributed by atoms with Gasteiger partial charge in [0.25, 0.3) is 0 Å². The number of ether oxygens (including phenoxy) is 1. The van der Waals surface area contributed by atoms with E-state index in [-0.39, 0.29) is 24.4 Å². The van der Waals surface area contributed by atoms with Gasteiger partial charge in [0.15, 0.2) is 0 Å². The average molecular weight is 403 g/mol.